The molecule has 0 heterocycles. The number of hydrogen-bond donors (Lipinski definition) is 3. The van der Waals surface area contributed by atoms with Crippen LogP contribution in [0.4, 0.5) is 11.4 Å². The predicted octanol–water partition coefficient (Wildman–Crippen LogP) is 1.83. The lowest BCUT2D eigenvalue weighted by atomic mass is 10.1. The van der Waals surface area contributed by atoms with E-state index in [1.807, 2.05) is 52.0 Å². The molecule has 5 heteroatoms. The van der Waals surface area contributed by atoms with E-state index >= 15 is 0 Å². The first-order valence-corrected chi connectivity index (χ1v) is 7.36. The number of aliphatic hydroxyl groups excluding tert-OH is 1. The van der Waals surface area contributed by atoms with Crippen LogP contribution in [-0.4, -0.2) is 42.8 Å². The van der Waals surface area contributed by atoms with Crippen molar-refractivity contribution in [3.63, 3.8) is 0 Å². The number of benzene rings is 1. The third-order valence-electron chi connectivity index (χ3n) is 3.05. The van der Waals surface area contributed by atoms with E-state index in [4.69, 9.17) is 5.11 Å². The Morgan fingerprint density at radius 3 is 2.33 bits per heavy atom. The zero-order valence-corrected chi connectivity index (χ0v) is 13.4. The molecule has 0 saturated heterocycles. The molecular formula is C16H27N3O2. The number of amides is 1. The highest BCUT2D eigenvalue weighted by atomic mass is 16.3. The molecule has 0 saturated carbocycles. The van der Waals surface area contributed by atoms with Gasteiger partial charge in [-0.15, -0.1) is 0 Å². The molecule has 0 atom stereocenters. The van der Waals surface area contributed by atoms with E-state index in [0.717, 1.165) is 17.9 Å². The molecule has 0 aromatic heterocycles. The summed E-state index contributed by atoms with van der Waals surface area (Å²) in [7, 11) is 0. The monoisotopic (exact) mass is 293 g/mol. The molecule has 1 rings (SSSR count). The van der Waals surface area contributed by atoms with Crippen molar-refractivity contribution in [2.45, 2.75) is 33.2 Å². The average Bonchev–Trinajstić information content (AvgIpc) is 2.43. The average molecular weight is 293 g/mol. The zero-order valence-electron chi connectivity index (χ0n) is 13.4. The maximum Gasteiger partial charge on any atom is 0.238 e. The molecule has 0 fully saturated rings. The Bertz CT molecular complexity index is 438. The quantitative estimate of drug-likeness (QED) is 0.717. The number of carbonyl (C=O) groups is 1. The van der Waals surface area contributed by atoms with Gasteiger partial charge < -0.3 is 20.6 Å². The summed E-state index contributed by atoms with van der Waals surface area (Å²) in [5.74, 6) is -0.0552. The molecule has 0 bridgehead atoms. The fourth-order valence-corrected chi connectivity index (χ4v) is 1.90. The molecule has 3 N–H and O–H groups in total. The number of likely N-dealkylation sites (N-methyl/N-ethyl adjacent to an activating group) is 1. The largest absolute Gasteiger partial charge is 0.395 e. The number of nitrogens with one attached hydrogen (secondary N) is 2. The van der Waals surface area contributed by atoms with Crippen molar-refractivity contribution in [1.29, 1.82) is 0 Å². The van der Waals surface area contributed by atoms with E-state index in [0.29, 0.717) is 6.54 Å². The topological polar surface area (TPSA) is 64.6 Å². The van der Waals surface area contributed by atoms with Gasteiger partial charge in [0.05, 0.1) is 13.2 Å². The summed E-state index contributed by atoms with van der Waals surface area (Å²) in [6, 6.07) is 7.66. The number of anilines is 2. The SMILES string of the molecule is CCN(CCO)c1ccc(NC(=O)CNC(C)(C)C)cc1. The normalized spacial score (nSPS) is 11.3. The van der Waals surface area contributed by atoms with Crippen LogP contribution in [0.25, 0.3) is 0 Å². The van der Waals surface area contributed by atoms with Gasteiger partial charge in [0.15, 0.2) is 0 Å². The Labute approximate surface area is 127 Å². The van der Waals surface area contributed by atoms with Crippen molar-refractivity contribution < 1.29 is 9.90 Å². The van der Waals surface area contributed by atoms with Gasteiger partial charge in [-0.1, -0.05) is 0 Å². The van der Waals surface area contributed by atoms with Gasteiger partial charge in [-0.25, -0.2) is 0 Å². The first-order chi connectivity index (χ1) is 9.85. The number of carbonyl (C=O) groups excluding carboxylic acids is 1. The summed E-state index contributed by atoms with van der Waals surface area (Å²) in [5.41, 5.74) is 1.74. The second-order valence-corrected chi connectivity index (χ2v) is 6.00. The van der Waals surface area contributed by atoms with Gasteiger partial charge in [-0.2, -0.15) is 0 Å². The van der Waals surface area contributed by atoms with Crippen LogP contribution in [0.15, 0.2) is 24.3 Å². The highest BCUT2D eigenvalue weighted by Gasteiger charge is 2.11. The van der Waals surface area contributed by atoms with E-state index in [9.17, 15) is 4.79 Å². The lowest BCUT2D eigenvalue weighted by Crippen LogP contribution is -2.41. The summed E-state index contributed by atoms with van der Waals surface area (Å²) in [6.45, 7) is 9.98. The smallest absolute Gasteiger partial charge is 0.238 e. The highest BCUT2D eigenvalue weighted by Crippen LogP contribution is 2.17. The highest BCUT2D eigenvalue weighted by molar-refractivity contribution is 5.92. The maximum atomic E-state index is 11.8. The molecule has 21 heavy (non-hydrogen) atoms. The molecule has 0 spiro atoms. The van der Waals surface area contributed by atoms with Crippen LogP contribution in [0.2, 0.25) is 0 Å². The van der Waals surface area contributed by atoms with Gasteiger partial charge in [-0.05, 0) is 52.0 Å². The van der Waals surface area contributed by atoms with Crippen LogP contribution in [-0.2, 0) is 4.79 Å². The summed E-state index contributed by atoms with van der Waals surface area (Å²) in [5, 5.41) is 15.0. The van der Waals surface area contributed by atoms with Crippen LogP contribution in [0, 0.1) is 0 Å². The Morgan fingerprint density at radius 2 is 1.86 bits per heavy atom. The third-order valence-corrected chi connectivity index (χ3v) is 3.05. The van der Waals surface area contributed by atoms with Crippen LogP contribution in [0.1, 0.15) is 27.7 Å². The summed E-state index contributed by atoms with van der Waals surface area (Å²) in [6.07, 6.45) is 0. The molecule has 118 valence electrons. The van der Waals surface area contributed by atoms with Crippen molar-refractivity contribution in [2.24, 2.45) is 0 Å². The Hall–Kier alpha value is -1.59. The fourth-order valence-electron chi connectivity index (χ4n) is 1.90. The lowest BCUT2D eigenvalue weighted by Gasteiger charge is -2.22. The Balaban J connectivity index is 2.56. The van der Waals surface area contributed by atoms with E-state index in [2.05, 4.69) is 15.5 Å². The van der Waals surface area contributed by atoms with Gasteiger partial charge >= 0.3 is 0 Å². The Morgan fingerprint density at radius 1 is 1.24 bits per heavy atom. The van der Waals surface area contributed by atoms with Crippen LogP contribution < -0.4 is 15.5 Å². The third kappa shape index (κ3) is 6.60. The summed E-state index contributed by atoms with van der Waals surface area (Å²) in [4.78, 5) is 13.9. The second kappa shape index (κ2) is 8.00. The van der Waals surface area contributed by atoms with Crippen molar-refractivity contribution >= 4 is 17.3 Å². The molecule has 0 aliphatic heterocycles. The number of aliphatic hydroxyl groups is 1. The lowest BCUT2D eigenvalue weighted by molar-refractivity contribution is -0.115. The minimum atomic E-state index is -0.0763. The van der Waals surface area contributed by atoms with Crippen molar-refractivity contribution in [2.75, 3.05) is 36.5 Å². The van der Waals surface area contributed by atoms with Gasteiger partial charge in [0.2, 0.25) is 5.91 Å². The first kappa shape index (κ1) is 17.5. The van der Waals surface area contributed by atoms with E-state index in [1.54, 1.807) is 0 Å². The van der Waals surface area contributed by atoms with Gasteiger partial charge in [-0.3, -0.25) is 4.79 Å². The second-order valence-electron chi connectivity index (χ2n) is 6.00. The van der Waals surface area contributed by atoms with Gasteiger partial charge in [0, 0.05) is 30.0 Å². The number of nitrogens with zero attached hydrogens (tertiary/aromatic N) is 1. The van der Waals surface area contributed by atoms with Crippen molar-refractivity contribution in [3.05, 3.63) is 24.3 Å². The number of rotatable bonds is 7. The van der Waals surface area contributed by atoms with Gasteiger partial charge in [0.1, 0.15) is 0 Å². The number of hydrogen-bond acceptors (Lipinski definition) is 4. The van der Waals surface area contributed by atoms with E-state index in [1.165, 1.54) is 0 Å². The molecule has 0 aliphatic carbocycles. The van der Waals surface area contributed by atoms with Crippen LogP contribution >= 0.6 is 0 Å². The van der Waals surface area contributed by atoms with Crippen molar-refractivity contribution in [1.82, 2.24) is 5.32 Å². The molecule has 0 unspecified atom stereocenters. The zero-order chi connectivity index (χ0) is 15.9. The molecule has 0 aliphatic rings. The minimum Gasteiger partial charge on any atom is -0.395 e. The molecule has 0 radical (unpaired) electrons. The van der Waals surface area contributed by atoms with Crippen molar-refractivity contribution in [3.8, 4) is 0 Å². The first-order valence-electron chi connectivity index (χ1n) is 7.36. The summed E-state index contributed by atoms with van der Waals surface area (Å²) >= 11 is 0. The fraction of sp³-hybridized carbons (Fsp3) is 0.562. The van der Waals surface area contributed by atoms with Crippen LogP contribution in [0.5, 0.6) is 0 Å². The standard InChI is InChI=1S/C16H27N3O2/c1-5-19(10-11-20)14-8-6-13(7-9-14)18-15(21)12-17-16(2,3)4/h6-9,17,20H,5,10-12H2,1-4H3,(H,18,21). The summed E-state index contributed by atoms with van der Waals surface area (Å²) < 4.78 is 0. The molecular weight excluding hydrogens is 266 g/mol. The molecule has 1 aromatic carbocycles. The molecule has 1 aromatic rings. The van der Waals surface area contributed by atoms with E-state index < -0.39 is 0 Å². The minimum absolute atomic E-state index is 0.0552. The molecule has 5 nitrogen and oxygen atoms in total. The van der Waals surface area contributed by atoms with Crippen LogP contribution in [0.3, 0.4) is 0 Å². The maximum absolute atomic E-state index is 11.8. The van der Waals surface area contributed by atoms with E-state index in [-0.39, 0.29) is 24.6 Å². The Kier molecular flexibility index (Phi) is 6.65. The predicted molar refractivity (Wildman–Crippen MR) is 87.8 cm³/mol. The molecule has 1 amide bonds. The van der Waals surface area contributed by atoms with Gasteiger partial charge in [0.25, 0.3) is 0 Å².